The maximum Gasteiger partial charge on any atom is 0.128 e. The third-order valence-electron chi connectivity index (χ3n) is 6.75. The molecule has 3 N–H and O–H groups in total. The van der Waals surface area contributed by atoms with E-state index in [1.807, 2.05) is 6.20 Å². The van der Waals surface area contributed by atoms with E-state index in [2.05, 4.69) is 20.0 Å². The first-order valence-corrected chi connectivity index (χ1v) is 10.9. The van der Waals surface area contributed by atoms with E-state index in [1.54, 1.807) is 18.2 Å². The first-order chi connectivity index (χ1) is 15.5. The summed E-state index contributed by atoms with van der Waals surface area (Å²) in [7, 11) is 0. The van der Waals surface area contributed by atoms with Crippen LogP contribution in [0.5, 0.6) is 0 Å². The smallest absolute Gasteiger partial charge is 0.128 e. The Morgan fingerprint density at radius 2 is 1.91 bits per heavy atom. The monoisotopic (exact) mass is 441 g/mol. The maximum absolute atomic E-state index is 14.7. The molecule has 8 heteroatoms. The topological polar surface area (TPSA) is 61.2 Å². The quantitative estimate of drug-likeness (QED) is 0.636. The molecule has 168 valence electrons. The van der Waals surface area contributed by atoms with Crippen LogP contribution in [0.4, 0.5) is 13.2 Å². The van der Waals surface area contributed by atoms with Gasteiger partial charge in [-0.25, -0.2) is 13.2 Å². The van der Waals surface area contributed by atoms with Gasteiger partial charge in [-0.2, -0.15) is 5.10 Å². The van der Waals surface area contributed by atoms with Gasteiger partial charge < -0.3 is 5.73 Å². The molecule has 3 aromatic rings. The Hall–Kier alpha value is -2.68. The number of hydrogen-bond donors (Lipinski definition) is 2. The zero-order chi connectivity index (χ0) is 22.2. The molecule has 0 radical (unpaired) electrons. The second kappa shape index (κ2) is 8.69. The van der Waals surface area contributed by atoms with Gasteiger partial charge in [0.2, 0.25) is 0 Å². The number of nitrogens with two attached hydrogens (primary N) is 1. The summed E-state index contributed by atoms with van der Waals surface area (Å²) in [5.41, 5.74) is 9.75. The number of piperidine rings is 1. The Morgan fingerprint density at radius 1 is 1.06 bits per heavy atom. The lowest BCUT2D eigenvalue weighted by molar-refractivity contribution is 0.0420. The number of likely N-dealkylation sites (tertiary alicyclic amines) is 1. The minimum absolute atomic E-state index is 0.152. The number of fused-ring (bicyclic) bond motifs is 1. The van der Waals surface area contributed by atoms with Crippen molar-refractivity contribution in [2.75, 3.05) is 13.1 Å². The van der Waals surface area contributed by atoms with E-state index in [0.717, 1.165) is 30.9 Å². The van der Waals surface area contributed by atoms with E-state index in [4.69, 9.17) is 5.73 Å². The van der Waals surface area contributed by atoms with E-state index >= 15 is 0 Å². The third-order valence-corrected chi connectivity index (χ3v) is 6.75. The Balaban J connectivity index is 1.41. The van der Waals surface area contributed by atoms with Crippen molar-refractivity contribution < 1.29 is 13.2 Å². The van der Waals surface area contributed by atoms with Crippen LogP contribution in [-0.4, -0.2) is 45.2 Å². The highest BCUT2D eigenvalue weighted by Crippen LogP contribution is 2.36. The van der Waals surface area contributed by atoms with Crippen LogP contribution >= 0.6 is 0 Å². The number of nitrogens with one attached hydrogen (secondary N) is 1. The predicted molar refractivity (Wildman–Crippen MR) is 115 cm³/mol. The van der Waals surface area contributed by atoms with Crippen molar-refractivity contribution in [2.24, 2.45) is 5.73 Å². The van der Waals surface area contributed by atoms with E-state index in [1.165, 1.54) is 17.7 Å². The van der Waals surface area contributed by atoms with Gasteiger partial charge in [-0.05, 0) is 42.7 Å². The van der Waals surface area contributed by atoms with Crippen molar-refractivity contribution in [3.05, 3.63) is 88.5 Å². The standard InChI is InChI=1S/C24H26F3N5/c25-17-5-6-21(27)19(9-17)24-22(28)10-18(32-12-16-11-29-30-23(16)14-32)13-31(24)8-7-15-3-1-2-4-20(15)26/h1-6,9,11,18,22,24H,7-8,10,12-14,28H2,(H,29,30)/t18-,22+,24-/m1/s1. The molecular weight excluding hydrogens is 415 g/mol. The maximum atomic E-state index is 14.7. The number of halogens is 3. The molecule has 3 atom stereocenters. The first-order valence-electron chi connectivity index (χ1n) is 10.9. The van der Waals surface area contributed by atoms with Gasteiger partial charge in [-0.3, -0.25) is 14.9 Å². The average molecular weight is 442 g/mol. The van der Waals surface area contributed by atoms with E-state index in [-0.39, 0.29) is 23.5 Å². The fourth-order valence-corrected chi connectivity index (χ4v) is 5.15. The molecule has 2 aromatic carbocycles. The molecule has 5 rings (SSSR count). The normalized spacial score (nSPS) is 24.1. The van der Waals surface area contributed by atoms with Crippen LogP contribution in [0.2, 0.25) is 0 Å². The van der Waals surface area contributed by atoms with Crippen molar-refractivity contribution >= 4 is 0 Å². The summed E-state index contributed by atoms with van der Waals surface area (Å²) in [5, 5.41) is 7.14. The molecule has 0 saturated carbocycles. The van der Waals surface area contributed by atoms with Gasteiger partial charge in [0.15, 0.2) is 0 Å². The van der Waals surface area contributed by atoms with Crippen LogP contribution < -0.4 is 5.73 Å². The largest absolute Gasteiger partial charge is 0.326 e. The molecule has 2 aliphatic heterocycles. The van der Waals surface area contributed by atoms with Gasteiger partial charge in [0.1, 0.15) is 17.5 Å². The van der Waals surface area contributed by atoms with Crippen molar-refractivity contribution in [1.82, 2.24) is 20.0 Å². The number of H-pyrrole nitrogens is 1. The Morgan fingerprint density at radius 3 is 2.72 bits per heavy atom. The highest BCUT2D eigenvalue weighted by Gasteiger charge is 2.40. The fourth-order valence-electron chi connectivity index (χ4n) is 5.15. The molecule has 0 aliphatic carbocycles. The van der Waals surface area contributed by atoms with Gasteiger partial charge in [-0.1, -0.05) is 18.2 Å². The van der Waals surface area contributed by atoms with Crippen LogP contribution in [0.25, 0.3) is 0 Å². The number of aromatic nitrogens is 2. The van der Waals surface area contributed by atoms with Gasteiger partial charge in [0.25, 0.3) is 0 Å². The zero-order valence-electron chi connectivity index (χ0n) is 17.6. The van der Waals surface area contributed by atoms with E-state index in [9.17, 15) is 13.2 Å². The molecule has 0 unspecified atom stereocenters. The number of rotatable bonds is 5. The molecule has 0 spiro atoms. The van der Waals surface area contributed by atoms with Crippen LogP contribution in [0.15, 0.2) is 48.7 Å². The highest BCUT2D eigenvalue weighted by molar-refractivity contribution is 5.26. The second-order valence-electron chi connectivity index (χ2n) is 8.78. The summed E-state index contributed by atoms with van der Waals surface area (Å²) in [6, 6.07) is 9.46. The van der Waals surface area contributed by atoms with Crippen molar-refractivity contribution in [2.45, 2.75) is 44.1 Å². The predicted octanol–water partition coefficient (Wildman–Crippen LogP) is 3.53. The Bertz CT molecular complexity index is 1080. The third kappa shape index (κ3) is 4.05. The Kier molecular flexibility index (Phi) is 5.75. The van der Waals surface area contributed by atoms with Crippen molar-refractivity contribution in [3.63, 3.8) is 0 Å². The second-order valence-corrected chi connectivity index (χ2v) is 8.78. The molecular formula is C24H26F3N5. The van der Waals surface area contributed by atoms with Crippen molar-refractivity contribution in [1.29, 1.82) is 0 Å². The number of aromatic amines is 1. The first kappa shape index (κ1) is 21.2. The van der Waals surface area contributed by atoms with E-state index in [0.29, 0.717) is 31.5 Å². The van der Waals surface area contributed by atoms with Gasteiger partial charge in [0, 0.05) is 49.4 Å². The summed E-state index contributed by atoms with van der Waals surface area (Å²) < 4.78 is 43.0. The lowest BCUT2D eigenvalue weighted by Crippen LogP contribution is -2.56. The number of benzene rings is 2. The minimum Gasteiger partial charge on any atom is -0.326 e. The van der Waals surface area contributed by atoms with Gasteiger partial charge in [0.05, 0.1) is 17.9 Å². The van der Waals surface area contributed by atoms with E-state index < -0.39 is 17.7 Å². The molecule has 0 bridgehead atoms. The van der Waals surface area contributed by atoms with Crippen LogP contribution in [0.3, 0.4) is 0 Å². The van der Waals surface area contributed by atoms with Gasteiger partial charge >= 0.3 is 0 Å². The van der Waals surface area contributed by atoms with Crippen LogP contribution in [0, 0.1) is 17.5 Å². The summed E-state index contributed by atoms with van der Waals surface area (Å²) in [6.45, 7) is 2.67. The number of nitrogens with zero attached hydrogens (tertiary/aromatic N) is 3. The summed E-state index contributed by atoms with van der Waals surface area (Å²) in [5.74, 6) is -1.22. The van der Waals surface area contributed by atoms with Crippen LogP contribution in [-0.2, 0) is 19.5 Å². The molecule has 32 heavy (non-hydrogen) atoms. The molecule has 3 heterocycles. The molecule has 1 saturated heterocycles. The van der Waals surface area contributed by atoms with Gasteiger partial charge in [-0.15, -0.1) is 0 Å². The minimum atomic E-state index is -0.490. The summed E-state index contributed by atoms with van der Waals surface area (Å²) >= 11 is 0. The lowest BCUT2D eigenvalue weighted by atomic mass is 9.87. The highest BCUT2D eigenvalue weighted by atomic mass is 19.1. The summed E-state index contributed by atoms with van der Waals surface area (Å²) in [6.07, 6.45) is 2.97. The number of hydrogen-bond acceptors (Lipinski definition) is 4. The molecule has 0 amide bonds. The molecule has 2 aliphatic rings. The molecule has 1 fully saturated rings. The molecule has 5 nitrogen and oxygen atoms in total. The average Bonchev–Trinajstić information content (AvgIpc) is 3.37. The lowest BCUT2D eigenvalue weighted by Gasteiger charge is -2.46. The Labute approximate surface area is 185 Å². The SMILES string of the molecule is N[C@H]1C[C@@H](N2Cc3cn[nH]c3C2)CN(CCc2ccccc2F)[C@@H]1c1cc(F)ccc1F. The van der Waals surface area contributed by atoms with Crippen molar-refractivity contribution in [3.8, 4) is 0 Å². The fraction of sp³-hybridized carbons (Fsp3) is 0.375. The molecule has 1 aromatic heterocycles. The van der Waals surface area contributed by atoms with Crippen LogP contribution in [0.1, 0.15) is 34.8 Å². The summed E-state index contributed by atoms with van der Waals surface area (Å²) in [4.78, 5) is 4.44. The zero-order valence-corrected chi connectivity index (χ0v) is 17.6.